The van der Waals surface area contributed by atoms with Crippen molar-refractivity contribution in [2.45, 2.75) is 64.0 Å². The van der Waals surface area contributed by atoms with Crippen LogP contribution >= 0.6 is 0 Å². The lowest BCUT2D eigenvalue weighted by molar-refractivity contribution is 0.174. The maximum Gasteiger partial charge on any atom is 0.363 e. The summed E-state index contributed by atoms with van der Waals surface area (Å²) in [4.78, 5) is 15.7. The molecule has 0 aliphatic carbocycles. The standard InChI is InChI=1S/C22H36N6/c1-19-7-6-13-28(19)18-20-8-14-27(15-9-20)22(21(17-23)24-2)25-10-16-26-11-4-3-5-12-26/h19-21H,3-16,18H2,1H3. The quantitative estimate of drug-likeness (QED) is 0.401. The zero-order valence-corrected chi connectivity index (χ0v) is 17.5. The molecule has 3 rings (SSSR count). The predicted octanol–water partition coefficient (Wildman–Crippen LogP) is 2.88. The van der Waals surface area contributed by atoms with Crippen LogP contribution in [0, 0.1) is 23.8 Å². The highest BCUT2D eigenvalue weighted by Gasteiger charge is 2.31. The zero-order chi connectivity index (χ0) is 19.8. The highest BCUT2D eigenvalue weighted by Crippen LogP contribution is 2.24. The minimum atomic E-state index is -0.753. The van der Waals surface area contributed by atoms with Gasteiger partial charge in [-0.25, -0.2) is 6.57 Å². The van der Waals surface area contributed by atoms with Crippen molar-refractivity contribution < 1.29 is 0 Å². The summed E-state index contributed by atoms with van der Waals surface area (Å²) in [5, 5.41) is 9.46. The Morgan fingerprint density at radius 3 is 2.46 bits per heavy atom. The third kappa shape index (κ3) is 5.69. The molecule has 2 atom stereocenters. The first-order valence-corrected chi connectivity index (χ1v) is 11.2. The summed E-state index contributed by atoms with van der Waals surface area (Å²) in [6.07, 6.45) is 8.86. The van der Waals surface area contributed by atoms with Crippen LogP contribution in [0.4, 0.5) is 0 Å². The summed E-state index contributed by atoms with van der Waals surface area (Å²) in [5.74, 6) is 1.46. The van der Waals surface area contributed by atoms with E-state index in [0.717, 1.165) is 63.4 Å². The molecule has 6 heteroatoms. The number of hydrogen-bond donors (Lipinski definition) is 0. The van der Waals surface area contributed by atoms with E-state index >= 15 is 0 Å². The van der Waals surface area contributed by atoms with Gasteiger partial charge >= 0.3 is 6.04 Å². The van der Waals surface area contributed by atoms with Crippen LogP contribution in [0.5, 0.6) is 0 Å². The Labute approximate surface area is 171 Å². The molecule has 0 N–H and O–H groups in total. The maximum atomic E-state index is 9.46. The van der Waals surface area contributed by atoms with Crippen LogP contribution in [0.15, 0.2) is 4.99 Å². The van der Waals surface area contributed by atoms with Crippen molar-refractivity contribution in [3.63, 3.8) is 0 Å². The van der Waals surface area contributed by atoms with Gasteiger partial charge in [-0.2, -0.15) is 5.26 Å². The van der Waals surface area contributed by atoms with Crippen molar-refractivity contribution in [2.24, 2.45) is 10.9 Å². The van der Waals surface area contributed by atoms with E-state index in [1.165, 1.54) is 45.2 Å². The van der Waals surface area contributed by atoms with Gasteiger partial charge in [-0.3, -0.25) is 9.84 Å². The minimum Gasteiger partial charge on any atom is -0.353 e. The third-order valence-corrected chi connectivity index (χ3v) is 6.76. The van der Waals surface area contributed by atoms with E-state index in [2.05, 4.69) is 32.5 Å². The molecule has 0 bridgehead atoms. The first-order chi connectivity index (χ1) is 13.7. The fourth-order valence-electron chi connectivity index (χ4n) is 4.93. The molecule has 0 saturated carbocycles. The molecule has 6 nitrogen and oxygen atoms in total. The Morgan fingerprint density at radius 2 is 1.86 bits per heavy atom. The lowest BCUT2D eigenvalue weighted by Crippen LogP contribution is -2.45. The molecule has 154 valence electrons. The Balaban J connectivity index is 1.53. The van der Waals surface area contributed by atoms with Crippen LogP contribution in [0.25, 0.3) is 4.85 Å². The molecule has 0 aromatic carbocycles. The molecule has 0 amide bonds. The first kappa shape index (κ1) is 21.1. The lowest BCUT2D eigenvalue weighted by atomic mass is 9.95. The van der Waals surface area contributed by atoms with Crippen molar-refractivity contribution in [1.82, 2.24) is 14.7 Å². The average molecular weight is 385 g/mol. The van der Waals surface area contributed by atoms with Gasteiger partial charge in [0.25, 0.3) is 0 Å². The number of amidine groups is 1. The van der Waals surface area contributed by atoms with Crippen LogP contribution in [0.2, 0.25) is 0 Å². The molecule has 3 saturated heterocycles. The molecule has 3 aliphatic heterocycles. The third-order valence-electron chi connectivity index (χ3n) is 6.76. The molecule has 0 aromatic heterocycles. The molecule has 3 aliphatic rings. The van der Waals surface area contributed by atoms with Gasteiger partial charge < -0.3 is 14.7 Å². The Morgan fingerprint density at radius 1 is 1.11 bits per heavy atom. The number of piperidine rings is 2. The smallest absolute Gasteiger partial charge is 0.353 e. The van der Waals surface area contributed by atoms with Gasteiger partial charge in [0.05, 0.1) is 6.54 Å². The van der Waals surface area contributed by atoms with E-state index in [9.17, 15) is 5.26 Å². The molecule has 28 heavy (non-hydrogen) atoms. The van der Waals surface area contributed by atoms with Crippen molar-refractivity contribution in [2.75, 3.05) is 52.4 Å². The molecular weight excluding hydrogens is 348 g/mol. The summed E-state index contributed by atoms with van der Waals surface area (Å²) in [7, 11) is 0. The fourth-order valence-corrected chi connectivity index (χ4v) is 4.93. The Kier molecular flexibility index (Phi) is 8.13. The summed E-state index contributed by atoms with van der Waals surface area (Å²) < 4.78 is 0. The second kappa shape index (κ2) is 10.8. The van der Waals surface area contributed by atoms with Gasteiger partial charge in [-0.1, -0.05) is 6.42 Å². The van der Waals surface area contributed by atoms with Crippen LogP contribution in [0.1, 0.15) is 51.9 Å². The van der Waals surface area contributed by atoms with Crippen LogP contribution in [0.3, 0.4) is 0 Å². The minimum absolute atomic E-state index is 0.703. The van der Waals surface area contributed by atoms with E-state index in [4.69, 9.17) is 11.6 Å². The van der Waals surface area contributed by atoms with Crippen LogP contribution in [-0.2, 0) is 0 Å². The summed E-state index contributed by atoms with van der Waals surface area (Å²) in [6, 6.07) is 2.14. The van der Waals surface area contributed by atoms with E-state index in [-0.39, 0.29) is 0 Å². The highest BCUT2D eigenvalue weighted by molar-refractivity contribution is 5.91. The highest BCUT2D eigenvalue weighted by atomic mass is 15.2. The van der Waals surface area contributed by atoms with Crippen molar-refractivity contribution in [3.05, 3.63) is 11.4 Å². The second-order valence-corrected chi connectivity index (χ2v) is 8.72. The normalized spacial score (nSPS) is 26.8. The van der Waals surface area contributed by atoms with Crippen molar-refractivity contribution in [1.29, 1.82) is 5.26 Å². The molecule has 2 unspecified atom stereocenters. The number of rotatable bonds is 6. The molecule has 0 aromatic rings. The number of aliphatic imine (C=N–C) groups is 1. The second-order valence-electron chi connectivity index (χ2n) is 8.72. The van der Waals surface area contributed by atoms with E-state index in [0.29, 0.717) is 6.54 Å². The molecule has 3 fully saturated rings. The van der Waals surface area contributed by atoms with Gasteiger partial charge in [0.15, 0.2) is 11.9 Å². The first-order valence-electron chi connectivity index (χ1n) is 11.2. The van der Waals surface area contributed by atoms with Crippen molar-refractivity contribution >= 4 is 5.84 Å². The van der Waals surface area contributed by atoms with Gasteiger partial charge in [-0.05, 0) is 71.0 Å². The number of likely N-dealkylation sites (tertiary alicyclic amines) is 3. The Bertz CT molecular complexity index is 575. The molecular formula is C22H36N6. The molecule has 0 spiro atoms. The summed E-state index contributed by atoms with van der Waals surface area (Å²) in [5.41, 5.74) is 0. The van der Waals surface area contributed by atoms with Gasteiger partial charge in [-0.15, -0.1) is 0 Å². The zero-order valence-electron chi connectivity index (χ0n) is 17.5. The number of hydrogen-bond acceptors (Lipinski definition) is 4. The van der Waals surface area contributed by atoms with Crippen molar-refractivity contribution in [3.8, 4) is 6.07 Å². The average Bonchev–Trinajstić information content (AvgIpc) is 3.13. The van der Waals surface area contributed by atoms with Gasteiger partial charge in [0.2, 0.25) is 0 Å². The topological polar surface area (TPSA) is 50.2 Å². The monoisotopic (exact) mass is 384 g/mol. The van der Waals surface area contributed by atoms with E-state index < -0.39 is 6.04 Å². The van der Waals surface area contributed by atoms with Crippen LogP contribution < -0.4 is 0 Å². The van der Waals surface area contributed by atoms with E-state index in [1.807, 2.05) is 0 Å². The predicted molar refractivity (Wildman–Crippen MR) is 113 cm³/mol. The fraction of sp³-hybridized carbons (Fsp3) is 0.864. The van der Waals surface area contributed by atoms with Gasteiger partial charge in [0, 0.05) is 32.2 Å². The number of nitrogens with zero attached hydrogens (tertiary/aromatic N) is 6. The Hall–Kier alpha value is -1.63. The summed E-state index contributed by atoms with van der Waals surface area (Å²) in [6.45, 7) is 18.1. The van der Waals surface area contributed by atoms with Gasteiger partial charge in [0.1, 0.15) is 0 Å². The molecule has 3 heterocycles. The molecule has 0 radical (unpaired) electrons. The lowest BCUT2D eigenvalue weighted by Gasteiger charge is -2.36. The largest absolute Gasteiger partial charge is 0.363 e. The SMILES string of the molecule is [C-]#[N+]C(C#N)C(=NCCN1CCCCC1)N1CCC(CN2CCCC2C)CC1. The van der Waals surface area contributed by atoms with Crippen LogP contribution in [-0.4, -0.2) is 85.0 Å². The maximum absolute atomic E-state index is 9.46. The number of nitriles is 1. The summed E-state index contributed by atoms with van der Waals surface area (Å²) >= 11 is 0. The van der Waals surface area contributed by atoms with E-state index in [1.54, 1.807) is 0 Å².